The van der Waals surface area contributed by atoms with Gasteiger partial charge in [-0.15, -0.1) is 0 Å². The van der Waals surface area contributed by atoms with Gasteiger partial charge in [0.05, 0.1) is 10.6 Å². The zero-order valence-electron chi connectivity index (χ0n) is 15.7. The van der Waals surface area contributed by atoms with Crippen molar-refractivity contribution in [1.29, 1.82) is 0 Å². The van der Waals surface area contributed by atoms with Crippen molar-refractivity contribution in [3.05, 3.63) is 89.1 Å². The first-order chi connectivity index (χ1) is 14.0. The summed E-state index contributed by atoms with van der Waals surface area (Å²) in [6.07, 6.45) is 0.428. The minimum absolute atomic E-state index is 0.324. The van der Waals surface area contributed by atoms with Crippen molar-refractivity contribution in [2.24, 2.45) is 0 Å². The summed E-state index contributed by atoms with van der Waals surface area (Å²) in [5.41, 5.74) is 1.25. The monoisotopic (exact) mass is 410 g/mol. The van der Waals surface area contributed by atoms with Crippen LogP contribution in [0, 0.1) is 0 Å². The molecule has 7 heteroatoms. The molecule has 3 aromatic rings. The van der Waals surface area contributed by atoms with Crippen molar-refractivity contribution in [1.82, 2.24) is 4.98 Å². The molecule has 0 saturated heterocycles. The Kier molecular flexibility index (Phi) is 6.81. The van der Waals surface area contributed by atoms with E-state index >= 15 is 0 Å². The largest absolute Gasteiger partial charge is 0.489 e. The van der Waals surface area contributed by atoms with E-state index in [0.717, 1.165) is 11.3 Å². The first kappa shape index (κ1) is 20.4. The number of nitrogens with zero attached hydrogens (tertiary/aromatic N) is 1. The Morgan fingerprint density at radius 2 is 1.76 bits per heavy atom. The number of hydrogen-bond donors (Lipinski definition) is 1. The molecule has 1 N–H and O–H groups in total. The highest BCUT2D eigenvalue weighted by atomic mass is 35.5. The number of amides is 1. The molecule has 3 rings (SSSR count). The van der Waals surface area contributed by atoms with Gasteiger partial charge in [-0.2, -0.15) is 0 Å². The van der Waals surface area contributed by atoms with E-state index in [1.54, 1.807) is 36.4 Å². The lowest BCUT2D eigenvalue weighted by atomic mass is 10.1. The van der Waals surface area contributed by atoms with E-state index in [1.807, 2.05) is 30.3 Å². The number of aromatic nitrogens is 1. The Balaban J connectivity index is 1.51. The van der Waals surface area contributed by atoms with E-state index in [2.05, 4.69) is 10.3 Å². The molecular weight excluding hydrogens is 392 g/mol. The Hall–Kier alpha value is -3.38. The van der Waals surface area contributed by atoms with Gasteiger partial charge in [0, 0.05) is 6.20 Å². The molecule has 0 bridgehead atoms. The molecule has 29 heavy (non-hydrogen) atoms. The lowest BCUT2D eigenvalue weighted by Gasteiger charge is -2.13. The van der Waals surface area contributed by atoms with Crippen LogP contribution in [0.25, 0.3) is 0 Å². The summed E-state index contributed by atoms with van der Waals surface area (Å²) in [5, 5.41) is 3.02. The summed E-state index contributed by atoms with van der Waals surface area (Å²) < 4.78 is 10.9. The van der Waals surface area contributed by atoms with Crippen molar-refractivity contribution in [2.45, 2.75) is 19.6 Å². The third-order valence-electron chi connectivity index (χ3n) is 3.97. The van der Waals surface area contributed by atoms with Gasteiger partial charge >= 0.3 is 5.97 Å². The number of hydrogen-bond acceptors (Lipinski definition) is 5. The SMILES string of the molecule is C[C@H](OC(=O)c1ccc(COc2ccccc2)cc1)C(=O)Nc1ccc(Cl)cn1. The first-order valence-electron chi connectivity index (χ1n) is 8.91. The number of benzene rings is 2. The molecule has 0 unspecified atom stereocenters. The molecule has 0 fully saturated rings. The van der Waals surface area contributed by atoms with Crippen molar-refractivity contribution >= 4 is 29.3 Å². The lowest BCUT2D eigenvalue weighted by molar-refractivity contribution is -0.123. The quantitative estimate of drug-likeness (QED) is 0.580. The summed E-state index contributed by atoms with van der Waals surface area (Å²) in [6, 6.07) is 19.5. The van der Waals surface area contributed by atoms with Gasteiger partial charge in [-0.3, -0.25) is 4.79 Å². The van der Waals surface area contributed by atoms with Crippen molar-refractivity contribution in [3.63, 3.8) is 0 Å². The molecule has 0 spiro atoms. The number of para-hydroxylation sites is 1. The zero-order chi connectivity index (χ0) is 20.6. The Bertz CT molecular complexity index is 960. The van der Waals surface area contributed by atoms with Crippen LogP contribution in [0.5, 0.6) is 5.75 Å². The second kappa shape index (κ2) is 9.71. The van der Waals surface area contributed by atoms with Crippen LogP contribution >= 0.6 is 11.6 Å². The third kappa shape index (κ3) is 6.05. The Morgan fingerprint density at radius 3 is 2.41 bits per heavy atom. The number of carbonyl (C=O) groups is 2. The van der Waals surface area contributed by atoms with E-state index in [4.69, 9.17) is 21.1 Å². The number of ether oxygens (including phenoxy) is 2. The molecule has 6 nitrogen and oxygen atoms in total. The van der Waals surface area contributed by atoms with Gasteiger partial charge in [0.25, 0.3) is 5.91 Å². The molecule has 0 saturated carbocycles. The number of pyridine rings is 1. The van der Waals surface area contributed by atoms with Crippen LogP contribution in [-0.2, 0) is 16.1 Å². The maximum atomic E-state index is 12.3. The number of nitrogens with one attached hydrogen (secondary N) is 1. The second-order valence-corrected chi connectivity index (χ2v) is 6.63. The zero-order valence-corrected chi connectivity index (χ0v) is 16.4. The van der Waals surface area contributed by atoms with Crippen LogP contribution in [-0.4, -0.2) is 23.0 Å². The minimum atomic E-state index is -0.985. The van der Waals surface area contributed by atoms with Crippen molar-refractivity contribution < 1.29 is 19.1 Å². The maximum absolute atomic E-state index is 12.3. The first-order valence-corrected chi connectivity index (χ1v) is 9.29. The van der Waals surface area contributed by atoms with Gasteiger partial charge in [-0.05, 0) is 48.9 Å². The smallest absolute Gasteiger partial charge is 0.338 e. The highest BCUT2D eigenvalue weighted by Gasteiger charge is 2.19. The molecule has 0 radical (unpaired) electrons. The highest BCUT2D eigenvalue weighted by molar-refractivity contribution is 6.30. The molecular formula is C22H19ClN2O4. The van der Waals surface area contributed by atoms with E-state index in [-0.39, 0.29) is 0 Å². The van der Waals surface area contributed by atoms with Gasteiger partial charge in [0.15, 0.2) is 6.10 Å². The number of halogens is 1. The predicted molar refractivity (Wildman–Crippen MR) is 110 cm³/mol. The molecule has 0 aliphatic rings. The number of anilines is 1. The number of carbonyl (C=O) groups excluding carboxylic acids is 2. The molecule has 1 atom stereocenters. The normalized spacial score (nSPS) is 11.4. The summed E-state index contributed by atoms with van der Waals surface area (Å²) in [7, 11) is 0. The van der Waals surface area contributed by atoms with Crippen molar-refractivity contribution in [2.75, 3.05) is 5.32 Å². The summed E-state index contributed by atoms with van der Waals surface area (Å²) in [5.74, 6) is 0.0179. The average molecular weight is 411 g/mol. The summed E-state index contributed by atoms with van der Waals surface area (Å²) in [4.78, 5) is 28.4. The standard InChI is InChI=1S/C22H19ClN2O4/c1-15(21(26)25-20-12-11-18(23)13-24-20)29-22(27)17-9-7-16(8-10-17)14-28-19-5-3-2-4-6-19/h2-13,15H,14H2,1H3,(H,24,25,26)/t15-/m0/s1. The third-order valence-corrected chi connectivity index (χ3v) is 4.19. The van der Waals surface area contributed by atoms with Crippen LogP contribution in [0.1, 0.15) is 22.8 Å². The predicted octanol–water partition coefficient (Wildman–Crippen LogP) is 4.50. The molecule has 0 aliphatic heterocycles. The van der Waals surface area contributed by atoms with E-state index in [1.165, 1.54) is 13.1 Å². The van der Waals surface area contributed by atoms with Gasteiger partial charge in [-0.25, -0.2) is 9.78 Å². The van der Waals surface area contributed by atoms with Gasteiger partial charge in [-0.1, -0.05) is 41.9 Å². The van der Waals surface area contributed by atoms with Crippen LogP contribution in [0.2, 0.25) is 5.02 Å². The number of esters is 1. The molecule has 2 aromatic carbocycles. The van der Waals surface area contributed by atoms with Crippen LogP contribution in [0.4, 0.5) is 5.82 Å². The topological polar surface area (TPSA) is 77.5 Å². The van der Waals surface area contributed by atoms with Crippen LogP contribution in [0.15, 0.2) is 72.9 Å². The fourth-order valence-corrected chi connectivity index (χ4v) is 2.49. The van der Waals surface area contributed by atoms with Gasteiger partial charge in [0.2, 0.25) is 0 Å². The van der Waals surface area contributed by atoms with Crippen molar-refractivity contribution in [3.8, 4) is 5.75 Å². The molecule has 1 heterocycles. The average Bonchev–Trinajstić information content (AvgIpc) is 2.75. The second-order valence-electron chi connectivity index (χ2n) is 6.20. The van der Waals surface area contributed by atoms with Gasteiger partial charge in [0.1, 0.15) is 18.2 Å². The lowest BCUT2D eigenvalue weighted by Crippen LogP contribution is -2.30. The summed E-state index contributed by atoms with van der Waals surface area (Å²) in [6.45, 7) is 1.87. The van der Waals surface area contributed by atoms with E-state index < -0.39 is 18.0 Å². The highest BCUT2D eigenvalue weighted by Crippen LogP contribution is 2.14. The summed E-state index contributed by atoms with van der Waals surface area (Å²) >= 11 is 5.76. The molecule has 0 aliphatic carbocycles. The van der Waals surface area contributed by atoms with Gasteiger partial charge < -0.3 is 14.8 Å². The fourth-order valence-electron chi connectivity index (χ4n) is 2.38. The van der Waals surface area contributed by atoms with E-state index in [0.29, 0.717) is 23.0 Å². The maximum Gasteiger partial charge on any atom is 0.338 e. The van der Waals surface area contributed by atoms with Crippen LogP contribution in [0.3, 0.4) is 0 Å². The molecule has 1 aromatic heterocycles. The number of rotatable bonds is 7. The van der Waals surface area contributed by atoms with E-state index in [9.17, 15) is 9.59 Å². The minimum Gasteiger partial charge on any atom is -0.489 e. The molecule has 148 valence electrons. The fraction of sp³-hybridized carbons (Fsp3) is 0.136. The Labute approximate surface area is 173 Å². The van der Waals surface area contributed by atoms with Crippen LogP contribution < -0.4 is 10.1 Å². The Morgan fingerprint density at radius 1 is 1.03 bits per heavy atom. The molecule has 1 amide bonds.